The molecule has 0 aliphatic carbocycles. The van der Waals surface area contributed by atoms with E-state index in [-0.39, 0.29) is 24.2 Å². The Kier molecular flexibility index (Phi) is 4.71. The van der Waals surface area contributed by atoms with Crippen LogP contribution in [0.1, 0.15) is 30.6 Å². The maximum atomic E-state index is 12.2. The van der Waals surface area contributed by atoms with Crippen LogP contribution >= 0.6 is 0 Å². The van der Waals surface area contributed by atoms with E-state index in [1.165, 1.54) is 29.2 Å². The van der Waals surface area contributed by atoms with Crippen molar-refractivity contribution in [2.45, 2.75) is 26.3 Å². The zero-order valence-corrected chi connectivity index (χ0v) is 10.5. The molecular formula is C13H17NO4. The van der Waals surface area contributed by atoms with Crippen molar-refractivity contribution in [3.05, 3.63) is 29.8 Å². The van der Waals surface area contributed by atoms with Gasteiger partial charge in [-0.3, -0.25) is 9.59 Å². The topological polar surface area (TPSA) is 77.8 Å². The lowest BCUT2D eigenvalue weighted by molar-refractivity contribution is -0.138. The number of phenolic OH excluding ortho intramolecular Hbond substituents is 1. The van der Waals surface area contributed by atoms with Gasteiger partial charge in [0.25, 0.3) is 5.91 Å². The second kappa shape index (κ2) is 6.05. The maximum absolute atomic E-state index is 12.2. The molecule has 1 aromatic carbocycles. The smallest absolute Gasteiger partial charge is 0.323 e. The van der Waals surface area contributed by atoms with E-state index < -0.39 is 5.97 Å². The first kappa shape index (κ1) is 14.0. The fraction of sp³-hybridized carbons (Fsp3) is 0.385. The number of amides is 1. The van der Waals surface area contributed by atoms with Gasteiger partial charge in [0.2, 0.25) is 0 Å². The zero-order valence-electron chi connectivity index (χ0n) is 10.5. The maximum Gasteiger partial charge on any atom is 0.323 e. The Bertz CT molecular complexity index is 427. The monoisotopic (exact) mass is 251 g/mol. The van der Waals surface area contributed by atoms with Crippen molar-refractivity contribution in [2.75, 3.05) is 6.54 Å². The third-order valence-electron chi connectivity index (χ3n) is 2.80. The Morgan fingerprint density at radius 3 is 2.28 bits per heavy atom. The molecule has 1 aromatic rings. The number of carboxylic acid groups (broad SMARTS) is 1. The molecular weight excluding hydrogens is 234 g/mol. The van der Waals surface area contributed by atoms with Crippen molar-refractivity contribution < 1.29 is 19.8 Å². The molecule has 1 unspecified atom stereocenters. The first-order valence-electron chi connectivity index (χ1n) is 5.77. The van der Waals surface area contributed by atoms with E-state index in [0.717, 1.165) is 0 Å². The average molecular weight is 251 g/mol. The van der Waals surface area contributed by atoms with Gasteiger partial charge in [-0.1, -0.05) is 6.92 Å². The van der Waals surface area contributed by atoms with Crippen LogP contribution < -0.4 is 0 Å². The van der Waals surface area contributed by atoms with Crippen LogP contribution in [0, 0.1) is 0 Å². The summed E-state index contributed by atoms with van der Waals surface area (Å²) in [5, 5.41) is 18.0. The SMILES string of the molecule is CCC(C)N(CC(=O)O)C(=O)c1ccc(O)cc1. The summed E-state index contributed by atoms with van der Waals surface area (Å²) < 4.78 is 0. The fourth-order valence-corrected chi connectivity index (χ4v) is 1.56. The van der Waals surface area contributed by atoms with Crippen molar-refractivity contribution in [3.8, 4) is 5.75 Å². The summed E-state index contributed by atoms with van der Waals surface area (Å²) in [5.74, 6) is -1.31. The molecule has 0 bridgehead atoms. The largest absolute Gasteiger partial charge is 0.508 e. The lowest BCUT2D eigenvalue weighted by Crippen LogP contribution is -2.41. The Morgan fingerprint density at radius 1 is 1.28 bits per heavy atom. The summed E-state index contributed by atoms with van der Waals surface area (Å²) >= 11 is 0. The Labute approximate surface area is 106 Å². The third-order valence-corrected chi connectivity index (χ3v) is 2.80. The number of phenols is 1. The predicted molar refractivity (Wildman–Crippen MR) is 66.5 cm³/mol. The average Bonchev–Trinajstić information content (AvgIpc) is 2.35. The molecule has 5 heteroatoms. The molecule has 0 saturated heterocycles. The van der Waals surface area contributed by atoms with Crippen LogP contribution in [-0.2, 0) is 4.79 Å². The molecule has 1 rings (SSSR count). The van der Waals surface area contributed by atoms with Crippen molar-refractivity contribution in [1.29, 1.82) is 0 Å². The summed E-state index contributed by atoms with van der Waals surface area (Å²) in [7, 11) is 0. The molecule has 0 aliphatic rings. The summed E-state index contributed by atoms with van der Waals surface area (Å²) in [6.07, 6.45) is 0.678. The summed E-state index contributed by atoms with van der Waals surface area (Å²) in [5.41, 5.74) is 0.370. The number of carbonyl (C=O) groups is 2. The molecule has 0 heterocycles. The van der Waals surface area contributed by atoms with Gasteiger partial charge in [0, 0.05) is 11.6 Å². The predicted octanol–water partition coefficient (Wildman–Crippen LogP) is 1.72. The van der Waals surface area contributed by atoms with Crippen molar-refractivity contribution in [3.63, 3.8) is 0 Å². The van der Waals surface area contributed by atoms with E-state index in [2.05, 4.69) is 0 Å². The zero-order chi connectivity index (χ0) is 13.7. The normalized spacial score (nSPS) is 11.9. The lowest BCUT2D eigenvalue weighted by Gasteiger charge is -2.27. The number of carboxylic acids is 1. The fourth-order valence-electron chi connectivity index (χ4n) is 1.56. The molecule has 0 aliphatic heterocycles. The minimum absolute atomic E-state index is 0.0693. The van der Waals surface area contributed by atoms with E-state index in [1.54, 1.807) is 6.92 Å². The van der Waals surface area contributed by atoms with Crippen molar-refractivity contribution >= 4 is 11.9 Å². The van der Waals surface area contributed by atoms with Gasteiger partial charge in [-0.15, -0.1) is 0 Å². The third kappa shape index (κ3) is 3.48. The molecule has 2 N–H and O–H groups in total. The summed E-state index contributed by atoms with van der Waals surface area (Å²) in [6, 6.07) is 5.62. The minimum Gasteiger partial charge on any atom is -0.508 e. The number of carbonyl (C=O) groups excluding carboxylic acids is 1. The molecule has 0 fully saturated rings. The second-order valence-corrected chi connectivity index (χ2v) is 4.13. The van der Waals surface area contributed by atoms with Gasteiger partial charge in [0.15, 0.2) is 0 Å². The number of aromatic hydroxyl groups is 1. The van der Waals surface area contributed by atoms with Crippen LogP contribution in [0.25, 0.3) is 0 Å². The molecule has 98 valence electrons. The van der Waals surface area contributed by atoms with Gasteiger partial charge in [0.1, 0.15) is 12.3 Å². The molecule has 18 heavy (non-hydrogen) atoms. The van der Waals surface area contributed by atoms with Crippen molar-refractivity contribution in [1.82, 2.24) is 4.90 Å². The Balaban J connectivity index is 2.94. The summed E-state index contributed by atoms with van der Waals surface area (Å²) in [6.45, 7) is 3.37. The van der Waals surface area contributed by atoms with Crippen LogP contribution in [-0.4, -0.2) is 39.6 Å². The number of nitrogens with zero attached hydrogens (tertiary/aromatic N) is 1. The van der Waals surface area contributed by atoms with Crippen LogP contribution in [0.4, 0.5) is 0 Å². The molecule has 5 nitrogen and oxygen atoms in total. The minimum atomic E-state index is -1.04. The van der Waals surface area contributed by atoms with E-state index >= 15 is 0 Å². The number of rotatable bonds is 5. The van der Waals surface area contributed by atoms with E-state index in [1.807, 2.05) is 6.92 Å². The Morgan fingerprint density at radius 2 is 1.83 bits per heavy atom. The van der Waals surface area contributed by atoms with Crippen molar-refractivity contribution in [2.24, 2.45) is 0 Å². The Hall–Kier alpha value is -2.04. The molecule has 1 atom stereocenters. The number of benzene rings is 1. The highest BCUT2D eigenvalue weighted by molar-refractivity contribution is 5.96. The molecule has 0 radical (unpaired) electrons. The van der Waals surface area contributed by atoms with Gasteiger partial charge in [-0.25, -0.2) is 0 Å². The van der Waals surface area contributed by atoms with E-state index in [9.17, 15) is 9.59 Å². The first-order chi connectivity index (χ1) is 8.45. The highest BCUT2D eigenvalue weighted by Gasteiger charge is 2.22. The van der Waals surface area contributed by atoms with Gasteiger partial charge in [-0.2, -0.15) is 0 Å². The molecule has 0 aromatic heterocycles. The molecule has 1 amide bonds. The summed E-state index contributed by atoms with van der Waals surface area (Å²) in [4.78, 5) is 24.3. The number of hydrogen-bond donors (Lipinski definition) is 2. The van der Waals surface area contributed by atoms with Gasteiger partial charge < -0.3 is 15.1 Å². The van der Waals surface area contributed by atoms with Crippen LogP contribution in [0.15, 0.2) is 24.3 Å². The van der Waals surface area contributed by atoms with E-state index in [0.29, 0.717) is 12.0 Å². The second-order valence-electron chi connectivity index (χ2n) is 4.13. The van der Waals surface area contributed by atoms with E-state index in [4.69, 9.17) is 10.2 Å². The first-order valence-corrected chi connectivity index (χ1v) is 5.77. The standard InChI is InChI=1S/C13H17NO4/c1-3-9(2)14(8-12(16)17)13(18)10-4-6-11(15)7-5-10/h4-7,9,15H,3,8H2,1-2H3,(H,16,17). The molecule has 0 saturated carbocycles. The van der Waals surface area contributed by atoms with Crippen LogP contribution in [0.2, 0.25) is 0 Å². The highest BCUT2D eigenvalue weighted by atomic mass is 16.4. The highest BCUT2D eigenvalue weighted by Crippen LogP contribution is 2.14. The molecule has 0 spiro atoms. The van der Waals surface area contributed by atoms with Gasteiger partial charge in [0.05, 0.1) is 0 Å². The number of aliphatic carboxylic acids is 1. The lowest BCUT2D eigenvalue weighted by atomic mass is 10.1. The van der Waals surface area contributed by atoms with Crippen LogP contribution in [0.5, 0.6) is 5.75 Å². The quantitative estimate of drug-likeness (QED) is 0.835. The van der Waals surface area contributed by atoms with Gasteiger partial charge in [-0.05, 0) is 37.6 Å². The van der Waals surface area contributed by atoms with Crippen LogP contribution in [0.3, 0.4) is 0 Å². The van der Waals surface area contributed by atoms with Gasteiger partial charge >= 0.3 is 5.97 Å². The number of hydrogen-bond acceptors (Lipinski definition) is 3.